The molecule has 0 spiro atoms. The molecular formula is C8H8F7NO2. The maximum atomic E-state index is 12.6. The van der Waals surface area contributed by atoms with Crippen LogP contribution in [0, 0.1) is 0 Å². The highest BCUT2D eigenvalue weighted by atomic mass is 19.4. The lowest BCUT2D eigenvalue weighted by Crippen LogP contribution is -2.54. The summed E-state index contributed by atoms with van der Waals surface area (Å²) in [5.74, 6) is -12.5. The molecule has 0 aromatic rings. The van der Waals surface area contributed by atoms with Gasteiger partial charge < -0.3 is 10.1 Å². The van der Waals surface area contributed by atoms with Crippen molar-refractivity contribution in [3.05, 3.63) is 12.7 Å². The standard InChI is InChI=1S/C8H8F7NO2/c1-2-5(17)16-4-18-3-6(9,10)7(11,12)8(13,14)15/h2H,1,3-4H2,(H,16,17). The molecule has 1 N–H and O–H groups in total. The Bertz CT molecular complexity index is 313. The van der Waals surface area contributed by atoms with Crippen LogP contribution in [-0.2, 0) is 9.53 Å². The number of hydrogen-bond donors (Lipinski definition) is 1. The van der Waals surface area contributed by atoms with Crippen LogP contribution in [0.3, 0.4) is 0 Å². The first-order valence-corrected chi connectivity index (χ1v) is 4.26. The summed E-state index contributed by atoms with van der Waals surface area (Å²) in [6.45, 7) is -0.172. The molecule has 0 radical (unpaired) electrons. The van der Waals surface area contributed by atoms with Crippen LogP contribution in [0.2, 0.25) is 0 Å². The first-order valence-electron chi connectivity index (χ1n) is 4.26. The highest BCUT2D eigenvalue weighted by Crippen LogP contribution is 2.46. The molecule has 0 bridgehead atoms. The van der Waals surface area contributed by atoms with E-state index in [-0.39, 0.29) is 0 Å². The molecule has 18 heavy (non-hydrogen) atoms. The number of halogens is 7. The van der Waals surface area contributed by atoms with Crippen LogP contribution >= 0.6 is 0 Å². The molecule has 0 aliphatic carbocycles. The summed E-state index contributed by atoms with van der Waals surface area (Å²) >= 11 is 0. The second kappa shape index (κ2) is 5.55. The molecule has 0 aromatic carbocycles. The third-order valence-electron chi connectivity index (χ3n) is 1.63. The fourth-order valence-corrected chi connectivity index (χ4v) is 0.672. The Kier molecular flexibility index (Phi) is 5.14. The Morgan fingerprint density at radius 1 is 1.17 bits per heavy atom. The molecule has 0 saturated carbocycles. The fraction of sp³-hybridized carbons (Fsp3) is 0.625. The van der Waals surface area contributed by atoms with Gasteiger partial charge in [-0.1, -0.05) is 6.58 Å². The third kappa shape index (κ3) is 3.86. The smallest absolute Gasteiger partial charge is 0.355 e. The van der Waals surface area contributed by atoms with Crippen LogP contribution in [0.25, 0.3) is 0 Å². The van der Waals surface area contributed by atoms with Gasteiger partial charge in [0.25, 0.3) is 0 Å². The number of carbonyl (C=O) groups excluding carboxylic acids is 1. The largest absolute Gasteiger partial charge is 0.459 e. The van der Waals surface area contributed by atoms with Gasteiger partial charge in [-0.3, -0.25) is 4.79 Å². The van der Waals surface area contributed by atoms with Crippen molar-refractivity contribution in [3.8, 4) is 0 Å². The molecule has 0 atom stereocenters. The van der Waals surface area contributed by atoms with Gasteiger partial charge in [-0.05, 0) is 6.08 Å². The number of alkyl halides is 7. The van der Waals surface area contributed by atoms with Crippen molar-refractivity contribution in [2.24, 2.45) is 0 Å². The van der Waals surface area contributed by atoms with E-state index in [0.717, 1.165) is 6.08 Å². The molecule has 0 heterocycles. The van der Waals surface area contributed by atoms with Gasteiger partial charge in [0.05, 0.1) is 0 Å². The maximum Gasteiger partial charge on any atom is 0.459 e. The minimum atomic E-state index is -6.40. The lowest BCUT2D eigenvalue weighted by atomic mass is 10.2. The number of amides is 1. The van der Waals surface area contributed by atoms with E-state index in [1.54, 1.807) is 5.32 Å². The van der Waals surface area contributed by atoms with Gasteiger partial charge in [-0.15, -0.1) is 0 Å². The van der Waals surface area contributed by atoms with Crippen LogP contribution in [0.15, 0.2) is 12.7 Å². The number of rotatable bonds is 6. The SMILES string of the molecule is C=CC(=O)NCOCC(F)(F)C(F)(F)C(F)(F)F. The lowest BCUT2D eigenvalue weighted by molar-refractivity contribution is -0.361. The molecule has 0 aliphatic rings. The van der Waals surface area contributed by atoms with E-state index < -0.39 is 37.3 Å². The van der Waals surface area contributed by atoms with Crippen molar-refractivity contribution in [1.29, 1.82) is 0 Å². The average Bonchev–Trinajstić information content (AvgIpc) is 2.22. The zero-order valence-corrected chi connectivity index (χ0v) is 8.66. The van der Waals surface area contributed by atoms with Crippen molar-refractivity contribution in [3.63, 3.8) is 0 Å². The van der Waals surface area contributed by atoms with Gasteiger partial charge in [0.1, 0.15) is 13.3 Å². The van der Waals surface area contributed by atoms with E-state index >= 15 is 0 Å². The quantitative estimate of drug-likeness (QED) is 0.351. The van der Waals surface area contributed by atoms with E-state index in [2.05, 4.69) is 11.3 Å². The van der Waals surface area contributed by atoms with E-state index in [4.69, 9.17) is 0 Å². The maximum absolute atomic E-state index is 12.6. The van der Waals surface area contributed by atoms with Crippen LogP contribution in [0.1, 0.15) is 0 Å². The van der Waals surface area contributed by atoms with E-state index in [1.165, 1.54) is 0 Å². The molecule has 0 unspecified atom stereocenters. The molecule has 0 aliphatic heterocycles. The minimum Gasteiger partial charge on any atom is -0.355 e. The van der Waals surface area contributed by atoms with Crippen molar-refractivity contribution in [2.45, 2.75) is 18.0 Å². The van der Waals surface area contributed by atoms with Gasteiger partial charge in [-0.25, -0.2) is 0 Å². The molecule has 10 heteroatoms. The van der Waals surface area contributed by atoms with E-state index in [1.807, 2.05) is 0 Å². The van der Waals surface area contributed by atoms with Crippen LogP contribution in [0.5, 0.6) is 0 Å². The summed E-state index contributed by atoms with van der Waals surface area (Å²) in [5, 5.41) is 1.76. The molecule has 3 nitrogen and oxygen atoms in total. The van der Waals surface area contributed by atoms with Crippen molar-refractivity contribution >= 4 is 5.91 Å². The third-order valence-corrected chi connectivity index (χ3v) is 1.63. The van der Waals surface area contributed by atoms with Gasteiger partial charge >= 0.3 is 18.0 Å². The molecule has 1 amide bonds. The highest BCUT2D eigenvalue weighted by Gasteiger charge is 2.72. The monoisotopic (exact) mass is 283 g/mol. The predicted octanol–water partition coefficient (Wildman–Crippen LogP) is 2.10. The first-order chi connectivity index (χ1) is 7.95. The summed E-state index contributed by atoms with van der Waals surface area (Å²) in [6, 6.07) is 0. The summed E-state index contributed by atoms with van der Waals surface area (Å²) in [4.78, 5) is 10.5. The second-order valence-corrected chi connectivity index (χ2v) is 3.01. The number of carbonyl (C=O) groups is 1. The molecule has 0 aromatic heterocycles. The molecular weight excluding hydrogens is 275 g/mol. The van der Waals surface area contributed by atoms with Gasteiger partial charge in [0, 0.05) is 0 Å². The number of hydrogen-bond acceptors (Lipinski definition) is 2. The molecule has 0 rings (SSSR count). The summed E-state index contributed by atoms with van der Waals surface area (Å²) < 4.78 is 88.6. The van der Waals surface area contributed by atoms with Crippen molar-refractivity contribution in [1.82, 2.24) is 5.32 Å². The Labute approximate surface area is 96.6 Å². The molecule has 0 fully saturated rings. The van der Waals surface area contributed by atoms with Crippen LogP contribution < -0.4 is 5.32 Å². The van der Waals surface area contributed by atoms with E-state index in [9.17, 15) is 35.5 Å². The summed E-state index contributed by atoms with van der Waals surface area (Å²) in [5.41, 5.74) is 0. The van der Waals surface area contributed by atoms with Gasteiger partial charge in [0.15, 0.2) is 0 Å². The number of ether oxygens (including phenoxy) is 1. The van der Waals surface area contributed by atoms with Crippen LogP contribution in [0.4, 0.5) is 30.7 Å². The minimum absolute atomic E-state index is 0.728. The highest BCUT2D eigenvalue weighted by molar-refractivity contribution is 5.86. The first kappa shape index (κ1) is 16.7. The Morgan fingerprint density at radius 3 is 2.06 bits per heavy atom. The molecule has 0 saturated heterocycles. The fourth-order valence-electron chi connectivity index (χ4n) is 0.672. The van der Waals surface area contributed by atoms with Crippen molar-refractivity contribution < 1.29 is 40.3 Å². The zero-order chi connectivity index (χ0) is 14.6. The second-order valence-electron chi connectivity index (χ2n) is 3.01. The van der Waals surface area contributed by atoms with Gasteiger partial charge in [0.2, 0.25) is 5.91 Å². The average molecular weight is 283 g/mol. The lowest BCUT2D eigenvalue weighted by Gasteiger charge is -2.27. The Balaban J connectivity index is 4.40. The van der Waals surface area contributed by atoms with E-state index in [0.29, 0.717) is 0 Å². The molecule has 106 valence electrons. The Hall–Kier alpha value is -1.32. The normalized spacial score (nSPS) is 13.3. The predicted molar refractivity (Wildman–Crippen MR) is 45.1 cm³/mol. The number of nitrogens with one attached hydrogen (secondary N) is 1. The summed E-state index contributed by atoms with van der Waals surface area (Å²) in [6.07, 6.45) is -5.67. The Morgan fingerprint density at radius 2 is 1.67 bits per heavy atom. The van der Waals surface area contributed by atoms with Gasteiger partial charge in [-0.2, -0.15) is 30.7 Å². The van der Waals surface area contributed by atoms with Crippen LogP contribution in [-0.4, -0.2) is 37.3 Å². The zero-order valence-electron chi connectivity index (χ0n) is 8.66. The summed E-state index contributed by atoms with van der Waals surface area (Å²) in [7, 11) is 0. The van der Waals surface area contributed by atoms with Crippen molar-refractivity contribution in [2.75, 3.05) is 13.3 Å². The topological polar surface area (TPSA) is 38.3 Å².